The molecule has 1 fully saturated rings. The molecule has 1 aliphatic heterocycles. The van der Waals surface area contributed by atoms with Crippen molar-refractivity contribution < 1.29 is 28.7 Å². The van der Waals surface area contributed by atoms with E-state index in [-0.39, 0.29) is 12.2 Å². The summed E-state index contributed by atoms with van der Waals surface area (Å²) in [4.78, 5) is 3.06. The predicted molar refractivity (Wildman–Crippen MR) is 190 cm³/mol. The lowest BCUT2D eigenvalue weighted by molar-refractivity contribution is -1.01. The summed E-state index contributed by atoms with van der Waals surface area (Å²) >= 11 is 0. The van der Waals surface area contributed by atoms with Crippen LogP contribution in [0.5, 0.6) is 0 Å². The van der Waals surface area contributed by atoms with Gasteiger partial charge in [-0.1, -0.05) is 133 Å². The van der Waals surface area contributed by atoms with E-state index in [0.29, 0.717) is 39.6 Å². The van der Waals surface area contributed by atoms with Crippen LogP contribution in [0.4, 0.5) is 0 Å². The lowest BCUT2D eigenvalue weighted by Crippen LogP contribution is -3.28. The van der Waals surface area contributed by atoms with Crippen molar-refractivity contribution in [2.45, 2.75) is 12.2 Å². The van der Waals surface area contributed by atoms with Gasteiger partial charge in [0.2, 0.25) is 0 Å². The SMILES string of the molecule is C(#CC[NH+]1CC[NH+](CC#CCOCCOC(c2ccccc2)c2ccccc2)CC1)COCCOC(c1ccccc1)c1ccccc1. The first-order chi connectivity index (χ1) is 23.9. The van der Waals surface area contributed by atoms with Crippen molar-refractivity contribution in [1.82, 2.24) is 0 Å². The number of benzene rings is 4. The molecule has 4 aromatic carbocycles. The highest BCUT2D eigenvalue weighted by atomic mass is 16.5. The Kier molecular flexibility index (Phi) is 15.3. The number of quaternary nitrogens is 2. The fourth-order valence-corrected chi connectivity index (χ4v) is 5.77. The average Bonchev–Trinajstić information content (AvgIpc) is 3.15. The fourth-order valence-electron chi connectivity index (χ4n) is 5.77. The smallest absolute Gasteiger partial charge is 0.139 e. The third kappa shape index (κ3) is 12.1. The Morgan fingerprint density at radius 2 is 0.729 bits per heavy atom. The van der Waals surface area contributed by atoms with E-state index in [4.69, 9.17) is 18.9 Å². The normalized spacial score (nSPS) is 15.8. The van der Waals surface area contributed by atoms with Gasteiger partial charge < -0.3 is 28.7 Å². The molecule has 2 N–H and O–H groups in total. The molecule has 248 valence electrons. The van der Waals surface area contributed by atoms with Gasteiger partial charge in [-0.3, -0.25) is 0 Å². The summed E-state index contributed by atoms with van der Waals surface area (Å²) in [6.45, 7) is 9.07. The van der Waals surface area contributed by atoms with Crippen LogP contribution in [0.3, 0.4) is 0 Å². The first-order valence-electron chi connectivity index (χ1n) is 17.0. The number of hydrogen-bond donors (Lipinski definition) is 2. The summed E-state index contributed by atoms with van der Waals surface area (Å²) in [6.07, 6.45) is -0.204. The third-order valence-corrected chi connectivity index (χ3v) is 8.37. The van der Waals surface area contributed by atoms with Gasteiger partial charge in [-0.15, -0.1) is 0 Å². The molecule has 0 saturated carbocycles. The molecule has 0 aliphatic carbocycles. The van der Waals surface area contributed by atoms with Gasteiger partial charge >= 0.3 is 0 Å². The highest BCUT2D eigenvalue weighted by Crippen LogP contribution is 2.26. The fraction of sp³-hybridized carbons (Fsp3) is 0.333. The second kappa shape index (κ2) is 20.9. The van der Waals surface area contributed by atoms with Crippen LogP contribution in [-0.4, -0.2) is 78.9 Å². The zero-order valence-electron chi connectivity index (χ0n) is 27.8. The first-order valence-corrected chi connectivity index (χ1v) is 17.0. The van der Waals surface area contributed by atoms with Gasteiger partial charge in [0.1, 0.15) is 64.7 Å². The molecular weight excluding hydrogens is 596 g/mol. The van der Waals surface area contributed by atoms with Crippen molar-refractivity contribution in [3.8, 4) is 23.7 Å². The van der Waals surface area contributed by atoms with Gasteiger partial charge in [0.15, 0.2) is 0 Å². The Labute approximate surface area is 286 Å². The summed E-state index contributed by atoms with van der Waals surface area (Å²) < 4.78 is 23.9. The molecule has 0 amide bonds. The molecule has 48 heavy (non-hydrogen) atoms. The summed E-state index contributed by atoms with van der Waals surface area (Å²) in [5.74, 6) is 13.0. The second-order valence-electron chi connectivity index (χ2n) is 11.8. The topological polar surface area (TPSA) is 45.8 Å². The Morgan fingerprint density at radius 1 is 0.417 bits per heavy atom. The van der Waals surface area contributed by atoms with E-state index in [1.165, 1.54) is 9.80 Å². The van der Waals surface area contributed by atoms with Gasteiger partial charge in [0.05, 0.1) is 26.4 Å². The quantitative estimate of drug-likeness (QED) is 0.145. The molecule has 1 heterocycles. The minimum absolute atomic E-state index is 0.102. The lowest BCUT2D eigenvalue weighted by atomic mass is 10.0. The van der Waals surface area contributed by atoms with E-state index in [0.717, 1.165) is 61.5 Å². The molecule has 4 aromatic rings. The number of hydrogen-bond acceptors (Lipinski definition) is 4. The molecule has 0 aromatic heterocycles. The first kappa shape index (κ1) is 35.1. The van der Waals surface area contributed by atoms with Crippen LogP contribution in [0, 0.1) is 23.7 Å². The van der Waals surface area contributed by atoms with Gasteiger partial charge in [-0.05, 0) is 34.1 Å². The Hall–Kier alpha value is -4.24. The van der Waals surface area contributed by atoms with E-state index in [9.17, 15) is 0 Å². The van der Waals surface area contributed by atoms with Gasteiger partial charge in [-0.25, -0.2) is 0 Å². The van der Waals surface area contributed by atoms with Crippen molar-refractivity contribution in [1.29, 1.82) is 0 Å². The number of piperazine rings is 1. The van der Waals surface area contributed by atoms with E-state index < -0.39 is 0 Å². The van der Waals surface area contributed by atoms with Gasteiger partial charge in [0, 0.05) is 0 Å². The van der Waals surface area contributed by atoms with Gasteiger partial charge in [-0.2, -0.15) is 0 Å². The molecule has 0 spiro atoms. The molecule has 0 unspecified atom stereocenters. The highest BCUT2D eigenvalue weighted by molar-refractivity contribution is 5.31. The zero-order valence-corrected chi connectivity index (χ0v) is 27.8. The molecule has 0 atom stereocenters. The molecular formula is C42H48N2O4+2. The molecule has 1 aliphatic rings. The van der Waals surface area contributed by atoms with Crippen molar-refractivity contribution in [2.24, 2.45) is 0 Å². The maximum Gasteiger partial charge on any atom is 0.139 e. The van der Waals surface area contributed by atoms with E-state index in [2.05, 4.69) is 72.2 Å². The minimum atomic E-state index is -0.102. The van der Waals surface area contributed by atoms with Crippen molar-refractivity contribution in [3.05, 3.63) is 144 Å². The van der Waals surface area contributed by atoms with Crippen molar-refractivity contribution in [3.63, 3.8) is 0 Å². The summed E-state index contributed by atoms with van der Waals surface area (Å²) in [5, 5.41) is 0. The minimum Gasteiger partial charge on any atom is -0.366 e. The van der Waals surface area contributed by atoms with E-state index >= 15 is 0 Å². The average molecular weight is 645 g/mol. The van der Waals surface area contributed by atoms with Crippen molar-refractivity contribution in [2.75, 3.05) is 78.9 Å². The summed E-state index contributed by atoms with van der Waals surface area (Å²) in [5.41, 5.74) is 4.57. The third-order valence-electron chi connectivity index (χ3n) is 8.37. The number of ether oxygens (including phenoxy) is 4. The number of rotatable bonds is 16. The monoisotopic (exact) mass is 644 g/mol. The van der Waals surface area contributed by atoms with Crippen LogP contribution in [-0.2, 0) is 18.9 Å². The zero-order chi connectivity index (χ0) is 32.9. The van der Waals surface area contributed by atoms with Crippen LogP contribution in [0.2, 0.25) is 0 Å². The Bertz CT molecular complexity index is 1350. The summed E-state index contributed by atoms with van der Waals surface area (Å²) in [7, 11) is 0. The molecule has 0 radical (unpaired) electrons. The second-order valence-corrected chi connectivity index (χ2v) is 11.8. The standard InChI is InChI=1S/C42H46N2O4/c1-5-17-37(18-6-1)41(38-19-7-2-8-20-38)47-35-33-45-31-15-13-25-43-27-29-44(30-28-43)26-14-16-32-46-34-36-48-42(39-21-9-3-10-22-39)40-23-11-4-12-24-40/h1-12,17-24,41-42H,25-36H2/p+2. The van der Waals surface area contributed by atoms with Crippen LogP contribution in [0.25, 0.3) is 0 Å². The van der Waals surface area contributed by atoms with Crippen LogP contribution in [0.1, 0.15) is 34.5 Å². The molecule has 0 bridgehead atoms. The molecule has 1 saturated heterocycles. The van der Waals surface area contributed by atoms with E-state index in [1.807, 2.05) is 72.8 Å². The van der Waals surface area contributed by atoms with Crippen LogP contribution in [0.15, 0.2) is 121 Å². The van der Waals surface area contributed by atoms with Crippen LogP contribution < -0.4 is 9.80 Å². The predicted octanol–water partition coefficient (Wildman–Crippen LogP) is 3.42. The Morgan fingerprint density at radius 3 is 1.04 bits per heavy atom. The maximum absolute atomic E-state index is 6.22. The largest absolute Gasteiger partial charge is 0.366 e. The highest BCUT2D eigenvalue weighted by Gasteiger charge is 2.21. The van der Waals surface area contributed by atoms with E-state index in [1.54, 1.807) is 0 Å². The Balaban J connectivity index is 0.895. The van der Waals surface area contributed by atoms with Gasteiger partial charge in [0.25, 0.3) is 0 Å². The van der Waals surface area contributed by atoms with Crippen LogP contribution >= 0.6 is 0 Å². The molecule has 6 heteroatoms. The lowest BCUT2D eigenvalue weighted by Gasteiger charge is -2.27. The molecule has 6 nitrogen and oxygen atoms in total. The number of nitrogens with one attached hydrogen (secondary N) is 2. The summed E-state index contributed by atoms with van der Waals surface area (Å²) in [6, 6.07) is 41.3. The maximum atomic E-state index is 6.22. The molecule has 5 rings (SSSR count). The van der Waals surface area contributed by atoms with Crippen molar-refractivity contribution >= 4 is 0 Å².